The Bertz CT molecular complexity index is 1160. The molecule has 6 nitrogen and oxygen atoms in total. The largest absolute Gasteiger partial charge is 0.497 e. The number of para-hydroxylation sites is 2. The Balaban J connectivity index is 1.74. The second kappa shape index (κ2) is 7.41. The lowest BCUT2D eigenvalue weighted by atomic mass is 10.1. The van der Waals surface area contributed by atoms with E-state index in [4.69, 9.17) is 20.6 Å². The molecule has 2 heterocycles. The third-order valence-corrected chi connectivity index (χ3v) is 5.47. The van der Waals surface area contributed by atoms with Gasteiger partial charge in [-0.1, -0.05) is 29.4 Å². The van der Waals surface area contributed by atoms with E-state index in [0.29, 0.717) is 22.8 Å². The number of ether oxygens (including phenoxy) is 3. The number of methoxy groups -OCH3 is 1. The molecule has 0 N–H and O–H groups in total. The van der Waals surface area contributed by atoms with Gasteiger partial charge in [-0.25, -0.2) is 0 Å². The van der Waals surface area contributed by atoms with Crippen LogP contribution in [0.5, 0.6) is 17.2 Å². The standard InChI is InChI=1S/C21H18N2O4S/c1-4-11-23-15-10-9-14(25-3)12-18(15)28-21(23)22-20(24)19-13(2)26-16-7-5-6-8-17(16)27-19/h1,5-10,12-13,19H,11H2,2-3H3. The van der Waals surface area contributed by atoms with Crippen molar-refractivity contribution in [2.75, 3.05) is 7.11 Å². The first kappa shape index (κ1) is 18.1. The van der Waals surface area contributed by atoms with Crippen LogP contribution in [-0.4, -0.2) is 29.8 Å². The topological polar surface area (TPSA) is 62.1 Å². The Morgan fingerprint density at radius 2 is 2.04 bits per heavy atom. The van der Waals surface area contributed by atoms with Crippen LogP contribution in [0.4, 0.5) is 0 Å². The number of aromatic nitrogens is 1. The van der Waals surface area contributed by atoms with Crippen LogP contribution in [0.2, 0.25) is 0 Å². The lowest BCUT2D eigenvalue weighted by Crippen LogP contribution is -2.43. The Morgan fingerprint density at radius 3 is 2.75 bits per heavy atom. The number of amides is 1. The number of hydrogen-bond donors (Lipinski definition) is 0. The van der Waals surface area contributed by atoms with Crippen molar-refractivity contribution >= 4 is 27.5 Å². The summed E-state index contributed by atoms with van der Waals surface area (Å²) >= 11 is 1.38. The van der Waals surface area contributed by atoms with Gasteiger partial charge in [-0.05, 0) is 37.3 Å². The van der Waals surface area contributed by atoms with E-state index in [2.05, 4.69) is 10.9 Å². The molecular formula is C21H18N2O4S. The summed E-state index contributed by atoms with van der Waals surface area (Å²) in [5.41, 5.74) is 0.898. The molecule has 7 heteroatoms. The van der Waals surface area contributed by atoms with Crippen LogP contribution in [0.15, 0.2) is 47.5 Å². The van der Waals surface area contributed by atoms with Crippen LogP contribution in [0, 0.1) is 12.3 Å². The molecule has 1 aliphatic rings. The fourth-order valence-corrected chi connectivity index (χ4v) is 4.12. The van der Waals surface area contributed by atoms with Gasteiger partial charge in [0.1, 0.15) is 11.9 Å². The molecule has 2 aromatic carbocycles. The molecule has 0 radical (unpaired) electrons. The van der Waals surface area contributed by atoms with Crippen LogP contribution in [0.1, 0.15) is 6.92 Å². The average Bonchev–Trinajstić information content (AvgIpc) is 3.03. The zero-order valence-corrected chi connectivity index (χ0v) is 16.2. The zero-order valence-electron chi connectivity index (χ0n) is 15.4. The molecular weight excluding hydrogens is 376 g/mol. The smallest absolute Gasteiger partial charge is 0.293 e. The minimum absolute atomic E-state index is 0.304. The normalized spacial score (nSPS) is 18.7. The van der Waals surface area contributed by atoms with Crippen molar-refractivity contribution in [1.29, 1.82) is 0 Å². The fourth-order valence-electron chi connectivity index (χ4n) is 3.06. The van der Waals surface area contributed by atoms with Crippen LogP contribution in [-0.2, 0) is 11.3 Å². The van der Waals surface area contributed by atoms with Gasteiger partial charge in [-0.2, -0.15) is 4.99 Å². The highest BCUT2D eigenvalue weighted by atomic mass is 32.1. The van der Waals surface area contributed by atoms with E-state index >= 15 is 0 Å². The van der Waals surface area contributed by atoms with E-state index in [1.54, 1.807) is 20.1 Å². The number of thiazole rings is 1. The van der Waals surface area contributed by atoms with Gasteiger partial charge in [-0.3, -0.25) is 4.79 Å². The predicted molar refractivity (Wildman–Crippen MR) is 107 cm³/mol. The Kier molecular flexibility index (Phi) is 4.80. The Hall–Kier alpha value is -3.24. The van der Waals surface area contributed by atoms with Crippen molar-refractivity contribution in [3.05, 3.63) is 47.3 Å². The number of benzene rings is 2. The van der Waals surface area contributed by atoms with Gasteiger partial charge in [0, 0.05) is 0 Å². The molecule has 0 bridgehead atoms. The van der Waals surface area contributed by atoms with Crippen molar-refractivity contribution < 1.29 is 19.0 Å². The number of carbonyl (C=O) groups excluding carboxylic acids is 1. The van der Waals surface area contributed by atoms with Gasteiger partial charge in [0.15, 0.2) is 16.3 Å². The van der Waals surface area contributed by atoms with Gasteiger partial charge in [0.2, 0.25) is 6.10 Å². The molecule has 0 spiro atoms. The molecule has 2 unspecified atom stereocenters. The summed E-state index contributed by atoms with van der Waals surface area (Å²) in [7, 11) is 1.61. The Morgan fingerprint density at radius 1 is 1.29 bits per heavy atom. The van der Waals surface area contributed by atoms with Crippen molar-refractivity contribution in [3.63, 3.8) is 0 Å². The van der Waals surface area contributed by atoms with Crippen molar-refractivity contribution in [2.24, 2.45) is 4.99 Å². The molecule has 0 fully saturated rings. The van der Waals surface area contributed by atoms with Gasteiger partial charge in [0.25, 0.3) is 5.91 Å². The monoisotopic (exact) mass is 394 g/mol. The molecule has 0 saturated heterocycles. The number of hydrogen-bond acceptors (Lipinski definition) is 5. The summed E-state index contributed by atoms with van der Waals surface area (Å²) in [6.07, 6.45) is 4.24. The van der Waals surface area contributed by atoms with E-state index in [1.807, 2.05) is 41.0 Å². The first-order chi connectivity index (χ1) is 13.6. The van der Waals surface area contributed by atoms with Crippen molar-refractivity contribution in [1.82, 2.24) is 4.57 Å². The summed E-state index contributed by atoms with van der Waals surface area (Å²) < 4.78 is 19.7. The summed E-state index contributed by atoms with van der Waals surface area (Å²) in [6.45, 7) is 2.10. The van der Waals surface area contributed by atoms with Crippen molar-refractivity contribution in [3.8, 4) is 29.6 Å². The number of carbonyl (C=O) groups is 1. The van der Waals surface area contributed by atoms with Gasteiger partial charge < -0.3 is 18.8 Å². The number of terminal acetylenes is 1. The lowest BCUT2D eigenvalue weighted by Gasteiger charge is -2.29. The van der Waals surface area contributed by atoms with E-state index in [1.165, 1.54) is 11.3 Å². The molecule has 4 rings (SSSR count). The molecule has 1 aliphatic heterocycles. The molecule has 0 aliphatic carbocycles. The number of rotatable bonds is 3. The second-order valence-electron chi connectivity index (χ2n) is 6.27. The fraction of sp³-hybridized carbons (Fsp3) is 0.238. The maximum absolute atomic E-state index is 12.9. The summed E-state index contributed by atoms with van der Waals surface area (Å²) in [5, 5.41) is 0. The number of nitrogens with zero attached hydrogens (tertiary/aromatic N) is 2. The third-order valence-electron chi connectivity index (χ3n) is 4.43. The molecule has 0 saturated carbocycles. The molecule has 2 atom stereocenters. The van der Waals surface area contributed by atoms with E-state index < -0.39 is 18.1 Å². The zero-order chi connectivity index (χ0) is 19.7. The molecule has 3 aromatic rings. The highest BCUT2D eigenvalue weighted by molar-refractivity contribution is 7.16. The SMILES string of the molecule is C#CCn1c(=NC(=O)C2Oc3ccccc3OC2C)sc2cc(OC)ccc21. The molecule has 28 heavy (non-hydrogen) atoms. The van der Waals surface area contributed by atoms with E-state index in [-0.39, 0.29) is 0 Å². The average molecular weight is 394 g/mol. The number of fused-ring (bicyclic) bond motifs is 2. The first-order valence-electron chi connectivity index (χ1n) is 8.72. The maximum Gasteiger partial charge on any atom is 0.293 e. The quantitative estimate of drug-likeness (QED) is 0.641. The highest BCUT2D eigenvalue weighted by Gasteiger charge is 2.34. The minimum atomic E-state index is -0.825. The van der Waals surface area contributed by atoms with Gasteiger partial charge in [-0.15, -0.1) is 6.42 Å². The van der Waals surface area contributed by atoms with Gasteiger partial charge in [0.05, 0.1) is 23.9 Å². The summed E-state index contributed by atoms with van der Waals surface area (Å²) in [4.78, 5) is 17.7. The second-order valence-corrected chi connectivity index (χ2v) is 7.28. The first-order valence-corrected chi connectivity index (χ1v) is 9.54. The van der Waals surface area contributed by atoms with Gasteiger partial charge >= 0.3 is 0 Å². The van der Waals surface area contributed by atoms with E-state index in [0.717, 1.165) is 16.0 Å². The molecule has 1 amide bonds. The van der Waals surface area contributed by atoms with Crippen molar-refractivity contribution in [2.45, 2.75) is 25.7 Å². The highest BCUT2D eigenvalue weighted by Crippen LogP contribution is 2.33. The predicted octanol–water partition coefficient (Wildman–Crippen LogP) is 3.00. The van der Waals surface area contributed by atoms with Crippen LogP contribution in [0.3, 0.4) is 0 Å². The van der Waals surface area contributed by atoms with Crippen LogP contribution >= 0.6 is 11.3 Å². The Labute approximate surface area is 166 Å². The minimum Gasteiger partial charge on any atom is -0.497 e. The van der Waals surface area contributed by atoms with Crippen LogP contribution in [0.25, 0.3) is 10.2 Å². The van der Waals surface area contributed by atoms with E-state index in [9.17, 15) is 4.79 Å². The lowest BCUT2D eigenvalue weighted by molar-refractivity contribution is -0.130. The maximum atomic E-state index is 12.9. The summed E-state index contributed by atoms with van der Waals surface area (Å²) in [5.74, 6) is 4.09. The molecule has 1 aromatic heterocycles. The summed E-state index contributed by atoms with van der Waals surface area (Å²) in [6, 6.07) is 12.9. The third kappa shape index (κ3) is 3.23. The van der Waals surface area contributed by atoms with Crippen LogP contribution < -0.4 is 19.0 Å². The molecule has 142 valence electrons.